The Kier molecular flexibility index (Phi) is 11.8. The van der Waals surface area contributed by atoms with E-state index in [9.17, 15) is 19.2 Å². The van der Waals surface area contributed by atoms with Crippen LogP contribution in [0.25, 0.3) is 22.2 Å². The normalized spacial score (nSPS) is 25.4. The Bertz CT molecular complexity index is 1790. The molecule has 2 aromatic carbocycles. The zero-order valence-corrected chi connectivity index (χ0v) is 30.4. The minimum Gasteiger partial charge on any atom is -0.497 e. The standard InChI is InChI=1S/C41H51N5O6/c1-41(40(42)50)20-12-6-4-3-5-9-17-29(23-37(47)45-21-13-8-14-22-45)39(49)46-27-31(25-35(46)38(48)44-41)52-36-26-33(28-15-10-7-11-16-28)43-34-24-30(51-2)18-19-32(34)36/h6-7,10-12,15-16,18-19,24,26,29,31,35H,3-5,8-9,13-14,17,20-23,25,27H2,1-2H3,(H2,42,50)(H,44,48)/b12-6-/t29-,31-,35+,41-/m1/s1. The fourth-order valence-corrected chi connectivity index (χ4v) is 7.58. The van der Waals surface area contributed by atoms with Crippen LogP contribution in [0.5, 0.6) is 11.5 Å². The van der Waals surface area contributed by atoms with Crippen LogP contribution in [0.3, 0.4) is 0 Å². The first kappa shape index (κ1) is 36.8. The lowest BCUT2D eigenvalue weighted by molar-refractivity contribution is -0.146. The summed E-state index contributed by atoms with van der Waals surface area (Å²) >= 11 is 0. The Morgan fingerprint density at radius 1 is 0.981 bits per heavy atom. The average Bonchev–Trinajstić information content (AvgIpc) is 3.58. The lowest BCUT2D eigenvalue weighted by Crippen LogP contribution is -2.59. The summed E-state index contributed by atoms with van der Waals surface area (Å²) in [5.74, 6) is -0.737. The number of primary amides is 1. The van der Waals surface area contributed by atoms with E-state index in [1.807, 2.05) is 71.6 Å². The molecule has 3 N–H and O–H groups in total. The maximum Gasteiger partial charge on any atom is 0.243 e. The van der Waals surface area contributed by atoms with Crippen LogP contribution in [0.15, 0.2) is 66.7 Å². The number of allylic oxidation sites excluding steroid dienone is 1. The lowest BCUT2D eigenvalue weighted by Gasteiger charge is -2.33. The SMILES string of the molecule is COc1ccc2c(O[C@@H]3C[C@H]4C(=O)N[C@@](C)(C(N)=O)C/C=C\CCCCC[C@H](CC(=O)N5CCCCC5)C(=O)N4C3)cc(-c3ccccc3)nc2c1. The van der Waals surface area contributed by atoms with Crippen LogP contribution >= 0.6 is 0 Å². The van der Waals surface area contributed by atoms with Crippen LogP contribution in [-0.2, 0) is 19.2 Å². The molecule has 3 aromatic rings. The largest absolute Gasteiger partial charge is 0.497 e. The highest BCUT2D eigenvalue weighted by molar-refractivity contribution is 5.95. The van der Waals surface area contributed by atoms with Gasteiger partial charge in [-0.1, -0.05) is 55.3 Å². The third kappa shape index (κ3) is 8.57. The number of piperidine rings is 1. The molecular weight excluding hydrogens is 658 g/mol. The van der Waals surface area contributed by atoms with Crippen molar-refractivity contribution in [3.8, 4) is 22.8 Å². The molecule has 0 bridgehead atoms. The first-order valence-electron chi connectivity index (χ1n) is 18.7. The Morgan fingerprint density at radius 3 is 2.50 bits per heavy atom. The van der Waals surface area contributed by atoms with Crippen molar-refractivity contribution < 1.29 is 28.7 Å². The molecule has 11 nitrogen and oxygen atoms in total. The van der Waals surface area contributed by atoms with E-state index in [1.54, 1.807) is 18.9 Å². The number of aromatic nitrogens is 1. The molecule has 0 unspecified atom stereocenters. The van der Waals surface area contributed by atoms with Crippen LogP contribution in [-0.4, -0.2) is 82.8 Å². The van der Waals surface area contributed by atoms with Crippen LogP contribution in [0, 0.1) is 5.92 Å². The molecule has 52 heavy (non-hydrogen) atoms. The minimum absolute atomic E-state index is 0.0136. The zero-order valence-electron chi connectivity index (χ0n) is 30.4. The molecule has 2 fully saturated rings. The van der Waals surface area contributed by atoms with Gasteiger partial charge in [0.2, 0.25) is 23.6 Å². The number of nitrogens with zero attached hydrogens (tertiary/aromatic N) is 3. The molecule has 3 aliphatic heterocycles. The number of carbonyl (C=O) groups is 4. The van der Waals surface area contributed by atoms with Gasteiger partial charge in [-0.3, -0.25) is 19.2 Å². The van der Waals surface area contributed by atoms with E-state index in [0.29, 0.717) is 42.2 Å². The van der Waals surface area contributed by atoms with Crippen molar-refractivity contribution in [2.75, 3.05) is 26.7 Å². The van der Waals surface area contributed by atoms with Crippen molar-refractivity contribution in [1.82, 2.24) is 20.1 Å². The van der Waals surface area contributed by atoms with Gasteiger partial charge < -0.3 is 30.3 Å². The number of amides is 4. The van der Waals surface area contributed by atoms with Gasteiger partial charge >= 0.3 is 0 Å². The second kappa shape index (κ2) is 16.6. The summed E-state index contributed by atoms with van der Waals surface area (Å²) in [5, 5.41) is 3.67. The Labute approximate surface area is 305 Å². The summed E-state index contributed by atoms with van der Waals surface area (Å²) in [6.07, 6.45) is 10.9. The van der Waals surface area contributed by atoms with Gasteiger partial charge in [0.1, 0.15) is 29.2 Å². The zero-order chi connectivity index (χ0) is 36.7. The molecule has 4 heterocycles. The van der Waals surface area contributed by atoms with Crippen LogP contribution in [0.4, 0.5) is 0 Å². The molecule has 0 spiro atoms. The van der Waals surface area contributed by atoms with Crippen molar-refractivity contribution in [1.29, 1.82) is 0 Å². The van der Waals surface area contributed by atoms with Crippen molar-refractivity contribution in [2.45, 2.75) is 95.2 Å². The number of carbonyl (C=O) groups excluding carboxylic acids is 4. The number of fused-ring (bicyclic) bond motifs is 2. The van der Waals surface area contributed by atoms with Gasteiger partial charge in [-0.05, 0) is 64.0 Å². The molecule has 2 saturated heterocycles. The van der Waals surface area contributed by atoms with Gasteiger partial charge in [0.25, 0.3) is 0 Å². The number of nitrogens with one attached hydrogen (secondary N) is 1. The van der Waals surface area contributed by atoms with E-state index in [-0.39, 0.29) is 37.6 Å². The highest BCUT2D eigenvalue weighted by atomic mass is 16.5. The van der Waals surface area contributed by atoms with Crippen molar-refractivity contribution in [2.24, 2.45) is 11.7 Å². The fraction of sp³-hybridized carbons (Fsp3) is 0.488. The third-order valence-electron chi connectivity index (χ3n) is 10.7. The highest BCUT2D eigenvalue weighted by Crippen LogP contribution is 2.35. The van der Waals surface area contributed by atoms with E-state index in [2.05, 4.69) is 5.32 Å². The topological polar surface area (TPSA) is 144 Å². The third-order valence-corrected chi connectivity index (χ3v) is 10.7. The molecule has 1 aromatic heterocycles. The molecule has 0 saturated carbocycles. The molecule has 4 amide bonds. The highest BCUT2D eigenvalue weighted by Gasteiger charge is 2.45. The van der Waals surface area contributed by atoms with Gasteiger partial charge in [0.05, 0.1) is 24.9 Å². The first-order valence-corrected chi connectivity index (χ1v) is 18.7. The number of benzene rings is 2. The first-order chi connectivity index (χ1) is 25.1. The Hall–Kier alpha value is -4.93. The van der Waals surface area contributed by atoms with Crippen LogP contribution in [0.2, 0.25) is 0 Å². The van der Waals surface area contributed by atoms with E-state index >= 15 is 0 Å². The molecule has 276 valence electrons. The molecule has 0 radical (unpaired) electrons. The van der Waals surface area contributed by atoms with Gasteiger partial charge in [0, 0.05) is 54.9 Å². The summed E-state index contributed by atoms with van der Waals surface area (Å²) in [4.78, 5) is 63.5. The predicted molar refractivity (Wildman–Crippen MR) is 199 cm³/mol. The number of rotatable bonds is 7. The van der Waals surface area contributed by atoms with Gasteiger partial charge in [-0.2, -0.15) is 0 Å². The van der Waals surface area contributed by atoms with E-state index in [1.165, 1.54) is 0 Å². The van der Waals surface area contributed by atoms with Gasteiger partial charge in [-0.15, -0.1) is 0 Å². The van der Waals surface area contributed by atoms with E-state index in [4.69, 9.17) is 20.2 Å². The van der Waals surface area contributed by atoms with E-state index in [0.717, 1.165) is 55.9 Å². The molecule has 4 atom stereocenters. The number of methoxy groups -OCH3 is 1. The molecule has 6 rings (SSSR count). The minimum atomic E-state index is -1.35. The monoisotopic (exact) mass is 709 g/mol. The van der Waals surface area contributed by atoms with Crippen LogP contribution < -0.4 is 20.5 Å². The van der Waals surface area contributed by atoms with Crippen molar-refractivity contribution in [3.63, 3.8) is 0 Å². The second-order valence-electron chi connectivity index (χ2n) is 14.6. The summed E-state index contributed by atoms with van der Waals surface area (Å²) in [6.45, 7) is 3.17. The molecule has 11 heteroatoms. The molecular formula is C41H51N5O6. The molecule has 3 aliphatic rings. The lowest BCUT2D eigenvalue weighted by atomic mass is 9.94. The van der Waals surface area contributed by atoms with E-state index < -0.39 is 35.4 Å². The number of hydrogen-bond donors (Lipinski definition) is 2. The summed E-state index contributed by atoms with van der Waals surface area (Å²) in [7, 11) is 1.61. The number of pyridine rings is 1. The predicted octanol–water partition coefficient (Wildman–Crippen LogP) is 5.55. The Balaban J connectivity index is 1.34. The Morgan fingerprint density at radius 2 is 1.75 bits per heavy atom. The number of ether oxygens (including phenoxy) is 2. The van der Waals surface area contributed by atoms with Crippen LogP contribution in [0.1, 0.15) is 77.6 Å². The fourth-order valence-electron chi connectivity index (χ4n) is 7.58. The average molecular weight is 710 g/mol. The smallest absolute Gasteiger partial charge is 0.243 e. The quantitative estimate of drug-likeness (QED) is 0.306. The summed E-state index contributed by atoms with van der Waals surface area (Å²) < 4.78 is 12.2. The number of hydrogen-bond acceptors (Lipinski definition) is 7. The van der Waals surface area contributed by atoms with Gasteiger partial charge in [0.15, 0.2) is 0 Å². The maximum atomic E-state index is 14.6. The number of likely N-dealkylation sites (tertiary alicyclic amines) is 1. The second-order valence-corrected chi connectivity index (χ2v) is 14.6. The number of nitrogens with two attached hydrogens (primary N) is 1. The van der Waals surface area contributed by atoms with Gasteiger partial charge in [-0.25, -0.2) is 4.98 Å². The summed E-state index contributed by atoms with van der Waals surface area (Å²) in [6, 6.07) is 16.3. The van der Waals surface area contributed by atoms with Crippen molar-refractivity contribution >= 4 is 34.5 Å². The molecule has 0 aliphatic carbocycles. The van der Waals surface area contributed by atoms with Crippen molar-refractivity contribution in [3.05, 3.63) is 66.7 Å². The summed E-state index contributed by atoms with van der Waals surface area (Å²) in [5.41, 5.74) is 6.80. The maximum absolute atomic E-state index is 14.6.